The Morgan fingerprint density at radius 1 is 0.741 bits per heavy atom. The lowest BCUT2D eigenvalue weighted by atomic mass is 9.96. The molecule has 58 heavy (non-hydrogen) atoms. The Labute approximate surface area is 339 Å². The summed E-state index contributed by atoms with van der Waals surface area (Å²) in [6.45, 7) is 22.5. The van der Waals surface area contributed by atoms with E-state index in [1.807, 2.05) is 39.6 Å². The number of halogens is 7. The van der Waals surface area contributed by atoms with E-state index in [0.29, 0.717) is 17.5 Å². The zero-order chi connectivity index (χ0) is 45.2. The quantitative estimate of drug-likeness (QED) is 0.237. The van der Waals surface area contributed by atoms with Gasteiger partial charge in [-0.25, -0.2) is 32.4 Å². The molecule has 2 saturated heterocycles. The van der Waals surface area contributed by atoms with Crippen LogP contribution in [-0.4, -0.2) is 92.5 Å². The highest BCUT2D eigenvalue weighted by molar-refractivity contribution is 6.83. The van der Waals surface area contributed by atoms with Gasteiger partial charge in [-0.2, -0.15) is 5.26 Å². The number of nitriles is 2. The summed E-state index contributed by atoms with van der Waals surface area (Å²) in [6.07, 6.45) is -1.68. The van der Waals surface area contributed by atoms with Gasteiger partial charge in [-0.15, -0.1) is 0 Å². The van der Waals surface area contributed by atoms with Gasteiger partial charge in [-0.05, 0) is 97.2 Å². The van der Waals surface area contributed by atoms with Crippen molar-refractivity contribution in [1.82, 2.24) is 9.80 Å². The fraction of sp³-hybridized carbons (Fsp3) is 0.590. The maximum absolute atomic E-state index is 13.3. The summed E-state index contributed by atoms with van der Waals surface area (Å²) in [5.74, 6) is -3.29. The summed E-state index contributed by atoms with van der Waals surface area (Å²) >= 11 is 0. The Bertz CT molecular complexity index is 1630. The van der Waals surface area contributed by atoms with Crippen LogP contribution < -0.4 is 0 Å². The van der Waals surface area contributed by atoms with E-state index in [1.165, 1.54) is 34.1 Å². The smallest absolute Gasteiger partial charge is 0.444 e. The second-order valence-electron chi connectivity index (χ2n) is 16.1. The molecule has 10 nitrogen and oxygen atoms in total. The molecule has 2 heterocycles. The Morgan fingerprint density at radius 3 is 1.36 bits per heavy atom. The summed E-state index contributed by atoms with van der Waals surface area (Å²) < 4.78 is 97.5. The van der Waals surface area contributed by atoms with Gasteiger partial charge in [0.05, 0.1) is 6.07 Å². The molecule has 0 aromatic heterocycles. The molecule has 2 amide bonds. The Hall–Kier alpha value is -4.33. The molecule has 0 bridgehead atoms. The molecule has 0 spiro atoms. The summed E-state index contributed by atoms with van der Waals surface area (Å²) in [5.41, 5.74) is 1.79. The van der Waals surface area contributed by atoms with Crippen LogP contribution in [0.15, 0.2) is 36.4 Å². The monoisotopic (exact) mass is 848 g/mol. The lowest BCUT2D eigenvalue weighted by Crippen LogP contribution is -2.39. The first-order chi connectivity index (χ1) is 26.6. The predicted octanol–water partition coefficient (Wildman–Crippen LogP) is 9.90. The molecule has 4 rings (SSSR count). The Kier molecular flexibility index (Phi) is 22.7. The van der Waals surface area contributed by atoms with E-state index in [0.717, 1.165) is 25.3 Å². The van der Waals surface area contributed by atoms with Crippen molar-refractivity contribution in [3.63, 3.8) is 0 Å². The van der Waals surface area contributed by atoms with E-state index in [4.69, 9.17) is 19.5 Å². The zero-order valence-electron chi connectivity index (χ0n) is 35.0. The summed E-state index contributed by atoms with van der Waals surface area (Å²) in [7, 11) is -4.99. The fourth-order valence-electron chi connectivity index (χ4n) is 5.12. The number of hydrogen-bond acceptors (Lipinski definition) is 8. The minimum absolute atomic E-state index is 0.166. The van der Waals surface area contributed by atoms with Gasteiger partial charge >= 0.3 is 19.7 Å². The van der Waals surface area contributed by atoms with Crippen LogP contribution in [-0.2, 0) is 14.2 Å². The Balaban J connectivity index is 0.000000833. The minimum Gasteiger partial charge on any atom is -0.444 e. The molecule has 2 unspecified atom stereocenters. The maximum Gasteiger partial charge on any atom is 0.762 e. The maximum atomic E-state index is 13.3. The molecule has 1 N–H and O–H groups in total. The third-order valence-electron chi connectivity index (χ3n) is 7.43. The van der Waals surface area contributed by atoms with Gasteiger partial charge in [-0.1, -0.05) is 19.6 Å². The molecule has 4 atom stereocenters. The van der Waals surface area contributed by atoms with E-state index < -0.39 is 74.5 Å². The van der Waals surface area contributed by atoms with Crippen LogP contribution in [0.4, 0.5) is 40.1 Å². The number of carbonyl (C=O) groups is 2. The largest absolute Gasteiger partial charge is 0.762 e. The number of amides is 2. The van der Waals surface area contributed by atoms with Gasteiger partial charge in [0.2, 0.25) is 0 Å². The van der Waals surface area contributed by atoms with E-state index in [1.54, 1.807) is 41.5 Å². The molecular formula is C39H56BF7N4O6Si. The first-order valence-corrected chi connectivity index (χ1v) is 22.0. The standard InChI is InChI=1S/C16H18F2N2O2.C15H19F2NO3.C4H9NSi.C4H10O.BF3/c1-16(2,3)22-15(21)20-9-11(6-14(20)8-19)10-4-12(17)7-13(18)5-10;1-15(2,3)21-14(20)18-8-10(6-13(18)19)9-4-11(16)7-12(17)5-9;1-6(2,3)4-5;1-3-5-4-2;2-1(3)4/h4-5,7,11,14H,6,9H2,1-3H3;4-5,7,10,13,19H,6,8H2,1-3H3;1-3H3;3-4H2,1-2H3;/t11-,14?;10-,13?;;;/m00.../s1. The fourth-order valence-corrected chi connectivity index (χ4v) is 5.12. The molecule has 2 aromatic rings. The SMILES string of the molecule is CC(C)(C)OC(=O)N1C[C@@H](c2cc(F)cc(F)c2)CC1C#N.CC(C)(C)OC(=O)N1C[C@@H](c2cc(F)cc(F)c2)CC1O.CCOCC.C[Si](C)(C)C#N.FB(F)F. The first kappa shape index (κ1) is 53.7. The van der Waals surface area contributed by atoms with E-state index in [9.17, 15) is 50.5 Å². The highest BCUT2D eigenvalue weighted by atomic mass is 28.3. The molecule has 2 fully saturated rings. The van der Waals surface area contributed by atoms with Gasteiger partial charge < -0.3 is 19.3 Å². The van der Waals surface area contributed by atoms with Gasteiger partial charge in [-0.3, -0.25) is 22.7 Å². The number of ether oxygens (including phenoxy) is 3. The second kappa shape index (κ2) is 24.6. The van der Waals surface area contributed by atoms with E-state index >= 15 is 0 Å². The number of hydrogen-bond donors (Lipinski definition) is 1. The second-order valence-corrected chi connectivity index (χ2v) is 20.8. The van der Waals surface area contributed by atoms with Crippen molar-refractivity contribution >= 4 is 27.8 Å². The van der Waals surface area contributed by atoms with Crippen molar-refractivity contribution in [2.45, 2.75) is 123 Å². The van der Waals surface area contributed by atoms with Crippen molar-refractivity contribution in [3.8, 4) is 11.8 Å². The lowest BCUT2D eigenvalue weighted by molar-refractivity contribution is -0.0129. The van der Waals surface area contributed by atoms with Gasteiger partial charge in [0, 0.05) is 62.4 Å². The van der Waals surface area contributed by atoms with Crippen molar-refractivity contribution in [1.29, 1.82) is 10.5 Å². The molecule has 0 aliphatic carbocycles. The number of rotatable bonds is 4. The van der Waals surface area contributed by atoms with Crippen LogP contribution in [0.3, 0.4) is 0 Å². The first-order valence-electron chi connectivity index (χ1n) is 18.5. The lowest BCUT2D eigenvalue weighted by Gasteiger charge is -2.26. The molecule has 19 heteroatoms. The average molecular weight is 849 g/mol. The van der Waals surface area contributed by atoms with Crippen LogP contribution in [0.1, 0.15) is 91.2 Å². The number of carbonyl (C=O) groups excluding carboxylic acids is 2. The van der Waals surface area contributed by atoms with Crippen LogP contribution in [0, 0.1) is 45.6 Å². The minimum atomic E-state index is -3.67. The van der Waals surface area contributed by atoms with Crippen LogP contribution >= 0.6 is 0 Å². The van der Waals surface area contributed by atoms with Crippen molar-refractivity contribution in [2.24, 2.45) is 0 Å². The van der Waals surface area contributed by atoms with Crippen LogP contribution in [0.2, 0.25) is 19.6 Å². The number of nitrogens with zero attached hydrogens (tertiary/aromatic N) is 4. The zero-order valence-corrected chi connectivity index (χ0v) is 36.0. The van der Waals surface area contributed by atoms with Gasteiger partial charge in [0.1, 0.15) is 46.7 Å². The van der Waals surface area contributed by atoms with Crippen molar-refractivity contribution < 1.29 is 59.4 Å². The number of likely N-dealkylation sites (tertiary alicyclic amines) is 2. The normalized spacial score (nSPS) is 18.6. The third-order valence-corrected chi connectivity index (χ3v) is 8.11. The number of aliphatic hydroxyl groups is 1. The summed E-state index contributed by atoms with van der Waals surface area (Å²) in [5, 5.41) is 27.4. The van der Waals surface area contributed by atoms with Gasteiger partial charge in [0.15, 0.2) is 8.07 Å². The highest BCUT2D eigenvalue weighted by Crippen LogP contribution is 2.34. The predicted molar refractivity (Wildman–Crippen MR) is 209 cm³/mol. The topological polar surface area (TPSA) is 136 Å². The molecule has 2 aromatic carbocycles. The van der Waals surface area contributed by atoms with Crippen LogP contribution in [0.25, 0.3) is 0 Å². The third kappa shape index (κ3) is 22.6. The van der Waals surface area contributed by atoms with Crippen molar-refractivity contribution in [3.05, 3.63) is 70.8 Å². The molecule has 2 aliphatic heterocycles. The van der Waals surface area contributed by atoms with Gasteiger partial charge in [0.25, 0.3) is 0 Å². The van der Waals surface area contributed by atoms with Crippen LogP contribution in [0.5, 0.6) is 0 Å². The summed E-state index contributed by atoms with van der Waals surface area (Å²) in [6, 6.07) is 7.89. The van der Waals surface area contributed by atoms with Crippen molar-refractivity contribution in [2.75, 3.05) is 26.3 Å². The molecule has 2 aliphatic rings. The van der Waals surface area contributed by atoms with E-state index in [2.05, 4.69) is 5.69 Å². The molecule has 0 saturated carbocycles. The summed E-state index contributed by atoms with van der Waals surface area (Å²) in [4.78, 5) is 26.6. The van der Waals surface area contributed by atoms with E-state index in [-0.39, 0.29) is 31.3 Å². The Morgan fingerprint density at radius 2 is 1.07 bits per heavy atom. The highest BCUT2D eigenvalue weighted by Gasteiger charge is 2.39. The number of aliphatic hydroxyl groups excluding tert-OH is 1. The average Bonchev–Trinajstić information content (AvgIpc) is 3.67. The molecule has 324 valence electrons. The molecular weight excluding hydrogens is 792 g/mol. The molecule has 0 radical (unpaired) electrons. The number of benzene rings is 2.